The second-order valence-corrected chi connectivity index (χ2v) is 13.9. The van der Waals surface area contributed by atoms with Crippen LogP contribution in [0, 0.1) is 5.92 Å². The number of pyridine rings is 1. The van der Waals surface area contributed by atoms with Crippen LogP contribution in [0.2, 0.25) is 0 Å². The number of primary amides is 1. The van der Waals surface area contributed by atoms with E-state index in [4.69, 9.17) is 5.73 Å². The van der Waals surface area contributed by atoms with E-state index in [1.165, 1.54) is 15.8 Å². The molecule has 6 amide bonds. The number of likely N-dealkylation sites (tertiary alicyclic amines) is 1. The molecule has 2 aromatic carbocycles. The molecule has 0 spiro atoms. The fourth-order valence-corrected chi connectivity index (χ4v) is 7.15. The Kier molecular flexibility index (Phi) is 10.7. The molecule has 292 valence electrons. The van der Waals surface area contributed by atoms with Crippen LogP contribution >= 0.6 is 0 Å². The predicted octanol–water partition coefficient (Wildman–Crippen LogP) is 3.76. The van der Waals surface area contributed by atoms with Gasteiger partial charge in [-0.15, -0.1) is 0 Å². The number of carbonyl (C=O) groups is 5. The van der Waals surface area contributed by atoms with Gasteiger partial charge in [0.25, 0.3) is 17.7 Å². The third-order valence-electron chi connectivity index (χ3n) is 10.2. The number of alkyl halides is 3. The Hall–Kier alpha value is -6.30. The van der Waals surface area contributed by atoms with E-state index in [1.54, 1.807) is 36.4 Å². The molecule has 2 aromatic heterocycles. The number of halogens is 3. The van der Waals surface area contributed by atoms with E-state index in [1.807, 2.05) is 17.0 Å². The average Bonchev–Trinajstić information content (AvgIpc) is 3.62. The summed E-state index contributed by atoms with van der Waals surface area (Å²) in [5, 5.41) is 8.91. The van der Waals surface area contributed by atoms with E-state index in [0.717, 1.165) is 69.5 Å². The van der Waals surface area contributed by atoms with Gasteiger partial charge in [0, 0.05) is 75.7 Å². The molecule has 3 fully saturated rings. The molecule has 0 saturated carbocycles. The van der Waals surface area contributed by atoms with Crippen molar-refractivity contribution in [2.45, 2.75) is 25.4 Å². The highest BCUT2D eigenvalue weighted by Crippen LogP contribution is 2.28. The zero-order valence-electron chi connectivity index (χ0n) is 30.2. The van der Waals surface area contributed by atoms with Gasteiger partial charge in [0.15, 0.2) is 5.69 Å². The number of urea groups is 1. The molecule has 3 saturated heterocycles. The van der Waals surface area contributed by atoms with E-state index in [2.05, 4.69) is 30.5 Å². The number of imide groups is 1. The first-order valence-electron chi connectivity index (χ1n) is 18.2. The summed E-state index contributed by atoms with van der Waals surface area (Å²) in [4.78, 5) is 73.2. The minimum atomic E-state index is -4.73. The van der Waals surface area contributed by atoms with Gasteiger partial charge in [0.05, 0.1) is 17.6 Å². The van der Waals surface area contributed by atoms with Gasteiger partial charge in [-0.25, -0.2) is 14.5 Å². The number of nitrogens with two attached hydrogens (primary N) is 1. The van der Waals surface area contributed by atoms with Gasteiger partial charge in [-0.3, -0.25) is 34.3 Å². The standard InChI is InChI=1S/C38H39F3N10O5/c39-38(40,41)31-3-1-2-29(43-31)35(54)44-30-23-51(46-33(30)34(42)53)28-10-8-26(9-11-28)48-20-18-47(19-21-48)22-24-12-15-49(16-13-24)36(55)25-4-6-27(7-5-25)50-17-14-32(52)45-37(50)56/h1-11,23-24H,12-22H2,(H2,42,53)(H,44,54)(H,45,52,56). The van der Waals surface area contributed by atoms with Crippen LogP contribution in [0.15, 0.2) is 72.9 Å². The van der Waals surface area contributed by atoms with Crippen LogP contribution < -0.4 is 26.2 Å². The summed E-state index contributed by atoms with van der Waals surface area (Å²) in [6, 6.07) is 16.9. The monoisotopic (exact) mass is 772 g/mol. The molecule has 3 aliphatic rings. The fourth-order valence-electron chi connectivity index (χ4n) is 7.15. The molecule has 0 unspecified atom stereocenters. The highest BCUT2D eigenvalue weighted by Gasteiger charge is 2.33. The summed E-state index contributed by atoms with van der Waals surface area (Å²) in [5.41, 5.74) is 6.20. The van der Waals surface area contributed by atoms with Crippen molar-refractivity contribution >= 4 is 46.7 Å². The molecule has 4 N–H and O–H groups in total. The van der Waals surface area contributed by atoms with Gasteiger partial charge in [0.2, 0.25) is 5.91 Å². The molecule has 0 atom stereocenters. The van der Waals surface area contributed by atoms with Crippen LogP contribution in [0.1, 0.15) is 56.3 Å². The number of carbonyl (C=O) groups excluding carboxylic acids is 5. The smallest absolute Gasteiger partial charge is 0.369 e. The number of benzene rings is 2. The average molecular weight is 773 g/mol. The highest BCUT2D eigenvalue weighted by atomic mass is 19.4. The van der Waals surface area contributed by atoms with Crippen molar-refractivity contribution in [3.05, 3.63) is 95.6 Å². The summed E-state index contributed by atoms with van der Waals surface area (Å²) in [7, 11) is 0. The summed E-state index contributed by atoms with van der Waals surface area (Å²) in [5.74, 6) is -1.75. The largest absolute Gasteiger partial charge is 0.433 e. The van der Waals surface area contributed by atoms with Gasteiger partial charge in [-0.05, 0) is 79.4 Å². The van der Waals surface area contributed by atoms with Gasteiger partial charge in [-0.1, -0.05) is 6.07 Å². The van der Waals surface area contributed by atoms with Crippen LogP contribution in [0.4, 0.5) is 35.0 Å². The second kappa shape index (κ2) is 15.8. The van der Waals surface area contributed by atoms with Gasteiger partial charge < -0.3 is 20.9 Å². The molecule has 15 nitrogen and oxygen atoms in total. The quantitative estimate of drug-likeness (QED) is 0.229. The highest BCUT2D eigenvalue weighted by molar-refractivity contribution is 6.07. The summed E-state index contributed by atoms with van der Waals surface area (Å²) < 4.78 is 40.7. The Morgan fingerprint density at radius 3 is 2.14 bits per heavy atom. The van der Waals surface area contributed by atoms with Crippen molar-refractivity contribution in [1.82, 2.24) is 29.9 Å². The Morgan fingerprint density at radius 1 is 0.839 bits per heavy atom. The lowest BCUT2D eigenvalue weighted by atomic mass is 9.95. The molecular formula is C38H39F3N10O5. The lowest BCUT2D eigenvalue weighted by Crippen LogP contribution is -2.49. The molecular weight excluding hydrogens is 733 g/mol. The lowest BCUT2D eigenvalue weighted by molar-refractivity contribution is -0.141. The number of aromatic nitrogens is 3. The molecule has 7 rings (SSSR count). The third kappa shape index (κ3) is 8.49. The van der Waals surface area contributed by atoms with Crippen LogP contribution in [0.3, 0.4) is 0 Å². The van der Waals surface area contributed by atoms with Crippen molar-refractivity contribution in [2.24, 2.45) is 11.7 Å². The van der Waals surface area contributed by atoms with Gasteiger partial charge >= 0.3 is 12.2 Å². The molecule has 0 radical (unpaired) electrons. The molecule has 56 heavy (non-hydrogen) atoms. The molecule has 18 heteroatoms. The molecule has 0 aliphatic carbocycles. The maximum Gasteiger partial charge on any atom is 0.433 e. The number of hydrogen-bond acceptors (Lipinski definition) is 9. The van der Waals surface area contributed by atoms with Crippen molar-refractivity contribution in [1.29, 1.82) is 0 Å². The Balaban J connectivity index is 0.881. The lowest BCUT2D eigenvalue weighted by Gasteiger charge is -2.39. The van der Waals surface area contributed by atoms with Crippen LogP contribution in [-0.4, -0.2) is 107 Å². The van der Waals surface area contributed by atoms with Crippen molar-refractivity contribution in [2.75, 3.05) is 67.5 Å². The van der Waals surface area contributed by atoms with Crippen LogP contribution in [-0.2, 0) is 11.0 Å². The number of piperidine rings is 1. The van der Waals surface area contributed by atoms with E-state index < -0.39 is 35.4 Å². The van der Waals surface area contributed by atoms with E-state index >= 15 is 0 Å². The predicted molar refractivity (Wildman–Crippen MR) is 198 cm³/mol. The first-order valence-corrected chi connectivity index (χ1v) is 18.2. The summed E-state index contributed by atoms with van der Waals surface area (Å²) in [6.45, 7) is 5.98. The third-order valence-corrected chi connectivity index (χ3v) is 10.2. The van der Waals surface area contributed by atoms with E-state index in [-0.39, 0.29) is 29.6 Å². The SMILES string of the molecule is NC(=O)c1nn(-c2ccc(N3CCN(CC4CCN(C(=O)c5ccc(N6CCC(=O)NC6=O)cc5)CC4)CC3)cc2)cc1NC(=O)c1cccc(C(F)(F)F)n1. The van der Waals surface area contributed by atoms with Gasteiger partial charge in [0.1, 0.15) is 11.4 Å². The number of nitrogens with one attached hydrogen (secondary N) is 2. The molecule has 5 heterocycles. The number of rotatable bonds is 9. The Morgan fingerprint density at radius 2 is 1.50 bits per heavy atom. The number of piperazine rings is 1. The summed E-state index contributed by atoms with van der Waals surface area (Å²) >= 11 is 0. The number of nitrogens with zero attached hydrogens (tertiary/aromatic N) is 7. The van der Waals surface area contributed by atoms with Crippen molar-refractivity contribution in [3.63, 3.8) is 0 Å². The maximum atomic E-state index is 13.2. The molecule has 3 aliphatic heterocycles. The van der Waals surface area contributed by atoms with Crippen LogP contribution in [0.5, 0.6) is 0 Å². The van der Waals surface area contributed by atoms with Crippen LogP contribution in [0.25, 0.3) is 5.69 Å². The first-order chi connectivity index (χ1) is 26.8. The van der Waals surface area contributed by atoms with E-state index in [9.17, 15) is 37.1 Å². The van der Waals surface area contributed by atoms with E-state index in [0.29, 0.717) is 42.5 Å². The topological polar surface area (TPSA) is 179 Å². The van der Waals surface area contributed by atoms with Crippen molar-refractivity contribution < 1.29 is 37.1 Å². The second-order valence-electron chi connectivity index (χ2n) is 13.9. The Bertz CT molecular complexity index is 2120. The minimum absolute atomic E-state index is 0.0347. The minimum Gasteiger partial charge on any atom is -0.369 e. The molecule has 0 bridgehead atoms. The molecule has 4 aromatic rings. The number of amides is 6. The van der Waals surface area contributed by atoms with Gasteiger partial charge in [-0.2, -0.15) is 18.3 Å². The first kappa shape index (κ1) is 38.0. The zero-order chi connectivity index (χ0) is 39.6. The summed E-state index contributed by atoms with van der Waals surface area (Å²) in [6.07, 6.45) is -1.32. The zero-order valence-corrected chi connectivity index (χ0v) is 30.2. The van der Waals surface area contributed by atoms with Crippen molar-refractivity contribution in [3.8, 4) is 5.69 Å². The number of hydrogen-bond donors (Lipinski definition) is 3. The number of anilines is 3. The normalized spacial score (nSPS) is 17.2. The Labute approximate surface area is 319 Å². The maximum absolute atomic E-state index is 13.2. The fraction of sp³-hybridized carbons (Fsp3) is 0.342.